The maximum absolute atomic E-state index is 12.9. The summed E-state index contributed by atoms with van der Waals surface area (Å²) < 4.78 is 12.6. The zero-order valence-corrected chi connectivity index (χ0v) is 20.7. The SMILES string of the molecule is CCOc1ccc(NC(=O)/C(C#N)=C/c2c(OCc3ccc(Br)cc3)ccc3ccccc23)cc1. The van der Waals surface area contributed by atoms with Crippen molar-refractivity contribution >= 4 is 44.4 Å². The molecule has 0 aliphatic heterocycles. The van der Waals surface area contributed by atoms with Gasteiger partial charge >= 0.3 is 0 Å². The predicted octanol–water partition coefficient (Wildman–Crippen LogP) is 7.13. The fraction of sp³-hybridized carbons (Fsp3) is 0.103. The Morgan fingerprint density at radius 2 is 1.71 bits per heavy atom. The highest BCUT2D eigenvalue weighted by molar-refractivity contribution is 9.10. The lowest BCUT2D eigenvalue weighted by Crippen LogP contribution is -2.13. The van der Waals surface area contributed by atoms with Gasteiger partial charge in [-0.2, -0.15) is 5.26 Å². The second-order valence-corrected chi connectivity index (χ2v) is 8.61. The molecule has 0 aromatic heterocycles. The van der Waals surface area contributed by atoms with Crippen molar-refractivity contribution in [1.82, 2.24) is 0 Å². The molecule has 4 aromatic carbocycles. The summed E-state index contributed by atoms with van der Waals surface area (Å²) in [4.78, 5) is 12.9. The van der Waals surface area contributed by atoms with Crippen molar-refractivity contribution in [3.8, 4) is 17.6 Å². The fourth-order valence-electron chi connectivity index (χ4n) is 3.58. The zero-order chi connectivity index (χ0) is 24.6. The quantitative estimate of drug-likeness (QED) is 0.196. The molecule has 0 bridgehead atoms. The van der Waals surface area contributed by atoms with Crippen molar-refractivity contribution in [2.75, 3.05) is 11.9 Å². The van der Waals surface area contributed by atoms with E-state index in [4.69, 9.17) is 9.47 Å². The summed E-state index contributed by atoms with van der Waals surface area (Å²) in [5.74, 6) is 0.807. The molecule has 174 valence electrons. The van der Waals surface area contributed by atoms with Crippen LogP contribution >= 0.6 is 15.9 Å². The van der Waals surface area contributed by atoms with Crippen LogP contribution in [0.1, 0.15) is 18.1 Å². The summed E-state index contributed by atoms with van der Waals surface area (Å²) in [5, 5.41) is 14.5. The summed E-state index contributed by atoms with van der Waals surface area (Å²) in [6.45, 7) is 2.82. The molecule has 0 saturated carbocycles. The topological polar surface area (TPSA) is 71.3 Å². The van der Waals surface area contributed by atoms with Gasteiger partial charge < -0.3 is 14.8 Å². The Balaban J connectivity index is 1.64. The molecule has 6 heteroatoms. The Hall–Kier alpha value is -4.08. The van der Waals surface area contributed by atoms with Crippen molar-refractivity contribution in [2.24, 2.45) is 0 Å². The van der Waals surface area contributed by atoms with Gasteiger partial charge in [0.2, 0.25) is 0 Å². The second kappa shape index (κ2) is 11.4. The van der Waals surface area contributed by atoms with Crippen LogP contribution in [0.4, 0.5) is 5.69 Å². The van der Waals surface area contributed by atoms with Crippen molar-refractivity contribution in [3.05, 3.63) is 106 Å². The lowest BCUT2D eigenvalue weighted by atomic mass is 10.0. The Morgan fingerprint density at radius 3 is 2.43 bits per heavy atom. The van der Waals surface area contributed by atoms with Gasteiger partial charge in [-0.1, -0.05) is 58.4 Å². The standard InChI is InChI=1S/C29H23BrN2O3/c1-2-34-25-14-12-24(13-15-25)32-29(33)22(18-31)17-27-26-6-4-3-5-21(26)9-16-28(27)35-19-20-7-10-23(30)11-8-20/h3-17H,2,19H2,1H3,(H,32,33)/b22-17+. The van der Waals surface area contributed by atoms with Crippen LogP contribution in [0.3, 0.4) is 0 Å². The molecule has 0 aliphatic carbocycles. The number of carbonyl (C=O) groups excluding carboxylic acids is 1. The first-order chi connectivity index (χ1) is 17.1. The van der Waals surface area contributed by atoms with Gasteiger partial charge in [-0.25, -0.2) is 0 Å². The molecule has 1 N–H and O–H groups in total. The van der Waals surface area contributed by atoms with Crippen LogP contribution in [-0.4, -0.2) is 12.5 Å². The van der Waals surface area contributed by atoms with E-state index in [1.165, 1.54) is 0 Å². The number of hydrogen-bond donors (Lipinski definition) is 1. The lowest BCUT2D eigenvalue weighted by Gasteiger charge is -2.13. The highest BCUT2D eigenvalue weighted by Gasteiger charge is 2.14. The van der Waals surface area contributed by atoms with E-state index in [0.29, 0.717) is 36.0 Å². The molecule has 35 heavy (non-hydrogen) atoms. The van der Waals surface area contributed by atoms with Gasteiger partial charge in [-0.15, -0.1) is 0 Å². The summed E-state index contributed by atoms with van der Waals surface area (Å²) in [6.07, 6.45) is 1.59. The van der Waals surface area contributed by atoms with Gasteiger partial charge in [0.15, 0.2) is 0 Å². The molecule has 0 saturated heterocycles. The van der Waals surface area contributed by atoms with Gasteiger partial charge in [-0.05, 0) is 71.8 Å². The maximum Gasteiger partial charge on any atom is 0.266 e. The van der Waals surface area contributed by atoms with Gasteiger partial charge in [-0.3, -0.25) is 4.79 Å². The Labute approximate surface area is 212 Å². The minimum atomic E-state index is -0.497. The Morgan fingerprint density at radius 1 is 0.971 bits per heavy atom. The van der Waals surface area contributed by atoms with E-state index in [1.54, 1.807) is 30.3 Å². The number of halogens is 1. The average Bonchev–Trinajstić information content (AvgIpc) is 2.88. The van der Waals surface area contributed by atoms with Gasteiger partial charge in [0, 0.05) is 15.7 Å². The number of nitriles is 1. The maximum atomic E-state index is 12.9. The number of nitrogens with zero attached hydrogens (tertiary/aromatic N) is 1. The predicted molar refractivity (Wildman–Crippen MR) is 142 cm³/mol. The van der Waals surface area contributed by atoms with Gasteiger partial charge in [0.05, 0.1) is 6.61 Å². The van der Waals surface area contributed by atoms with Crippen LogP contribution in [0.5, 0.6) is 11.5 Å². The number of fused-ring (bicyclic) bond motifs is 1. The van der Waals surface area contributed by atoms with E-state index < -0.39 is 5.91 Å². The number of nitrogens with one attached hydrogen (secondary N) is 1. The zero-order valence-electron chi connectivity index (χ0n) is 19.1. The smallest absolute Gasteiger partial charge is 0.266 e. The lowest BCUT2D eigenvalue weighted by molar-refractivity contribution is -0.112. The Kier molecular flexibility index (Phi) is 7.81. The molecular formula is C29H23BrN2O3. The van der Waals surface area contributed by atoms with Crippen molar-refractivity contribution < 1.29 is 14.3 Å². The average molecular weight is 527 g/mol. The van der Waals surface area contributed by atoms with Crippen LogP contribution in [-0.2, 0) is 11.4 Å². The molecule has 0 unspecified atom stereocenters. The monoisotopic (exact) mass is 526 g/mol. The number of rotatable bonds is 8. The summed E-state index contributed by atoms with van der Waals surface area (Å²) in [7, 11) is 0. The van der Waals surface area contributed by atoms with E-state index in [-0.39, 0.29) is 5.57 Å². The third-order valence-electron chi connectivity index (χ3n) is 5.32. The largest absolute Gasteiger partial charge is 0.494 e. The van der Waals surface area contributed by atoms with Crippen molar-refractivity contribution in [1.29, 1.82) is 5.26 Å². The molecule has 0 fully saturated rings. The van der Waals surface area contributed by atoms with E-state index >= 15 is 0 Å². The first-order valence-electron chi connectivity index (χ1n) is 11.1. The number of amides is 1. The Bertz CT molecular complexity index is 1410. The van der Waals surface area contributed by atoms with Crippen LogP contribution in [0.15, 0.2) is 95.0 Å². The van der Waals surface area contributed by atoms with E-state index in [0.717, 1.165) is 20.8 Å². The first-order valence-corrected chi connectivity index (χ1v) is 11.9. The number of carbonyl (C=O) groups is 1. The van der Waals surface area contributed by atoms with Crippen LogP contribution in [0.2, 0.25) is 0 Å². The van der Waals surface area contributed by atoms with Crippen LogP contribution in [0.25, 0.3) is 16.8 Å². The van der Waals surface area contributed by atoms with Crippen molar-refractivity contribution in [2.45, 2.75) is 13.5 Å². The van der Waals surface area contributed by atoms with E-state index in [1.807, 2.05) is 73.7 Å². The molecule has 5 nitrogen and oxygen atoms in total. The molecule has 0 aliphatic rings. The summed E-state index contributed by atoms with van der Waals surface area (Å²) in [5.41, 5.74) is 2.23. The highest BCUT2D eigenvalue weighted by Crippen LogP contribution is 2.31. The molecule has 0 spiro atoms. The molecule has 0 radical (unpaired) electrons. The fourth-order valence-corrected chi connectivity index (χ4v) is 3.85. The van der Waals surface area contributed by atoms with Gasteiger partial charge in [0.1, 0.15) is 29.7 Å². The number of benzene rings is 4. The van der Waals surface area contributed by atoms with Crippen molar-refractivity contribution in [3.63, 3.8) is 0 Å². The van der Waals surface area contributed by atoms with Gasteiger partial charge in [0.25, 0.3) is 5.91 Å². The number of ether oxygens (including phenoxy) is 2. The molecule has 4 rings (SSSR count). The summed E-state index contributed by atoms with van der Waals surface area (Å²) >= 11 is 3.44. The summed E-state index contributed by atoms with van der Waals surface area (Å²) in [6, 6.07) is 28.6. The van der Waals surface area contributed by atoms with E-state index in [2.05, 4.69) is 21.2 Å². The van der Waals surface area contributed by atoms with E-state index in [9.17, 15) is 10.1 Å². The first kappa shape index (κ1) is 24.1. The highest BCUT2D eigenvalue weighted by atomic mass is 79.9. The third-order valence-corrected chi connectivity index (χ3v) is 5.84. The minimum Gasteiger partial charge on any atom is -0.494 e. The minimum absolute atomic E-state index is 0.0243. The van der Waals surface area contributed by atoms with Crippen LogP contribution < -0.4 is 14.8 Å². The third kappa shape index (κ3) is 6.08. The normalized spacial score (nSPS) is 11.1. The second-order valence-electron chi connectivity index (χ2n) is 7.69. The molecular weight excluding hydrogens is 504 g/mol. The van der Waals surface area contributed by atoms with Crippen LogP contribution in [0, 0.1) is 11.3 Å². The molecule has 1 amide bonds. The number of anilines is 1. The molecule has 0 heterocycles. The molecule has 4 aromatic rings. The number of hydrogen-bond acceptors (Lipinski definition) is 4. The molecule has 0 atom stereocenters.